The molecule has 1 aliphatic heterocycles. The van der Waals surface area contributed by atoms with Crippen LogP contribution in [0.2, 0.25) is 0 Å². The Bertz CT molecular complexity index is 682. The molecule has 0 fully saturated rings. The SMILES string of the molecule is Cc1ccsc1[C@@H](CNC(=O)c1cc2n(n1)CCCNC2)N(C)C. The van der Waals surface area contributed by atoms with Crippen LogP contribution < -0.4 is 10.6 Å². The van der Waals surface area contributed by atoms with Crippen molar-refractivity contribution in [3.63, 3.8) is 0 Å². The number of aryl methyl sites for hydroxylation is 2. The lowest BCUT2D eigenvalue weighted by Gasteiger charge is -2.24. The summed E-state index contributed by atoms with van der Waals surface area (Å²) < 4.78 is 1.95. The summed E-state index contributed by atoms with van der Waals surface area (Å²) in [6.45, 7) is 5.33. The Labute approximate surface area is 146 Å². The minimum atomic E-state index is -0.100. The van der Waals surface area contributed by atoms with Gasteiger partial charge in [0.2, 0.25) is 0 Å². The second kappa shape index (κ2) is 7.46. The normalized spacial score (nSPS) is 15.8. The molecule has 0 spiro atoms. The van der Waals surface area contributed by atoms with Gasteiger partial charge in [-0.2, -0.15) is 5.10 Å². The second-order valence-corrected chi connectivity index (χ2v) is 7.38. The van der Waals surface area contributed by atoms with Gasteiger partial charge < -0.3 is 15.5 Å². The molecular formula is C17H25N5OS. The van der Waals surface area contributed by atoms with Crippen LogP contribution in [0.3, 0.4) is 0 Å². The minimum absolute atomic E-state index is 0.100. The van der Waals surface area contributed by atoms with Gasteiger partial charge in [-0.1, -0.05) is 0 Å². The van der Waals surface area contributed by atoms with Crippen molar-refractivity contribution in [3.05, 3.63) is 39.3 Å². The highest BCUT2D eigenvalue weighted by Crippen LogP contribution is 2.26. The molecule has 24 heavy (non-hydrogen) atoms. The number of fused-ring (bicyclic) bond motifs is 1. The third-order valence-corrected chi connectivity index (χ3v) is 5.53. The van der Waals surface area contributed by atoms with E-state index in [2.05, 4.69) is 39.0 Å². The Balaban J connectivity index is 1.67. The van der Waals surface area contributed by atoms with Crippen LogP contribution in [-0.4, -0.2) is 47.8 Å². The Morgan fingerprint density at radius 3 is 3.08 bits per heavy atom. The van der Waals surface area contributed by atoms with Gasteiger partial charge in [-0.25, -0.2) is 0 Å². The van der Waals surface area contributed by atoms with Crippen molar-refractivity contribution in [3.8, 4) is 0 Å². The number of hydrogen-bond donors (Lipinski definition) is 2. The van der Waals surface area contributed by atoms with E-state index < -0.39 is 0 Å². The number of carbonyl (C=O) groups is 1. The highest BCUT2D eigenvalue weighted by atomic mass is 32.1. The van der Waals surface area contributed by atoms with Gasteiger partial charge in [0.05, 0.1) is 11.7 Å². The first-order valence-corrected chi connectivity index (χ1v) is 9.20. The third-order valence-electron chi connectivity index (χ3n) is 4.41. The molecule has 0 aromatic carbocycles. The number of thiophene rings is 1. The van der Waals surface area contributed by atoms with Gasteiger partial charge in [-0.05, 0) is 57.1 Å². The van der Waals surface area contributed by atoms with Crippen molar-refractivity contribution in [1.82, 2.24) is 25.3 Å². The molecule has 3 rings (SSSR count). The van der Waals surface area contributed by atoms with E-state index in [-0.39, 0.29) is 11.9 Å². The highest BCUT2D eigenvalue weighted by Gasteiger charge is 2.21. The molecule has 0 saturated carbocycles. The van der Waals surface area contributed by atoms with Crippen LogP contribution in [0.1, 0.15) is 39.1 Å². The van der Waals surface area contributed by atoms with E-state index in [0.717, 1.165) is 31.7 Å². The monoisotopic (exact) mass is 347 g/mol. The Morgan fingerprint density at radius 2 is 2.38 bits per heavy atom. The van der Waals surface area contributed by atoms with Crippen molar-refractivity contribution in [2.75, 3.05) is 27.2 Å². The number of rotatable bonds is 5. The minimum Gasteiger partial charge on any atom is -0.349 e. The summed E-state index contributed by atoms with van der Waals surface area (Å²) >= 11 is 1.74. The predicted molar refractivity (Wildman–Crippen MR) is 96.4 cm³/mol. The van der Waals surface area contributed by atoms with Gasteiger partial charge in [0, 0.05) is 24.5 Å². The molecule has 7 heteroatoms. The molecule has 2 aromatic rings. The van der Waals surface area contributed by atoms with Crippen molar-refractivity contribution in [2.24, 2.45) is 0 Å². The molecule has 130 valence electrons. The maximum atomic E-state index is 12.5. The van der Waals surface area contributed by atoms with E-state index in [9.17, 15) is 4.79 Å². The molecule has 1 aliphatic rings. The number of hydrogen-bond acceptors (Lipinski definition) is 5. The Kier molecular flexibility index (Phi) is 5.33. The standard InChI is InChI=1S/C17H25N5OS/c1-12-5-8-24-16(12)15(21(2)3)11-19-17(23)14-9-13-10-18-6-4-7-22(13)20-14/h5,8-9,15,18H,4,6-7,10-11H2,1-3H3,(H,19,23)/t15-/m1/s1. The lowest BCUT2D eigenvalue weighted by molar-refractivity contribution is 0.0936. The van der Waals surface area contributed by atoms with Gasteiger partial charge in [-0.3, -0.25) is 9.48 Å². The van der Waals surface area contributed by atoms with E-state index in [0.29, 0.717) is 12.2 Å². The van der Waals surface area contributed by atoms with E-state index in [1.165, 1.54) is 10.4 Å². The van der Waals surface area contributed by atoms with Crippen molar-refractivity contribution in [1.29, 1.82) is 0 Å². The maximum absolute atomic E-state index is 12.5. The fourth-order valence-electron chi connectivity index (χ4n) is 2.99. The first-order valence-electron chi connectivity index (χ1n) is 8.32. The quantitative estimate of drug-likeness (QED) is 0.865. The number of aromatic nitrogens is 2. The second-order valence-electron chi connectivity index (χ2n) is 6.43. The van der Waals surface area contributed by atoms with Crippen LogP contribution in [0.5, 0.6) is 0 Å². The lowest BCUT2D eigenvalue weighted by atomic mass is 10.1. The smallest absolute Gasteiger partial charge is 0.271 e. The fraction of sp³-hybridized carbons (Fsp3) is 0.529. The summed E-state index contributed by atoms with van der Waals surface area (Å²) in [6, 6.07) is 4.20. The molecule has 2 aromatic heterocycles. The first-order chi connectivity index (χ1) is 11.6. The van der Waals surface area contributed by atoms with Gasteiger partial charge in [0.1, 0.15) is 5.69 Å². The van der Waals surface area contributed by atoms with Crippen LogP contribution in [-0.2, 0) is 13.1 Å². The molecule has 0 bridgehead atoms. The van der Waals surface area contributed by atoms with Crippen LogP contribution in [0.15, 0.2) is 17.5 Å². The number of amides is 1. The van der Waals surface area contributed by atoms with Crippen LogP contribution in [0.4, 0.5) is 0 Å². The third kappa shape index (κ3) is 3.68. The average molecular weight is 347 g/mol. The van der Waals surface area contributed by atoms with Crippen LogP contribution in [0.25, 0.3) is 0 Å². The molecule has 1 amide bonds. The van der Waals surface area contributed by atoms with Crippen LogP contribution in [0, 0.1) is 6.92 Å². The molecule has 3 heterocycles. The number of likely N-dealkylation sites (N-methyl/N-ethyl adjacent to an activating group) is 1. The number of nitrogens with one attached hydrogen (secondary N) is 2. The predicted octanol–water partition coefficient (Wildman–Crippen LogP) is 1.78. The topological polar surface area (TPSA) is 62.2 Å². The average Bonchev–Trinajstić information content (AvgIpc) is 3.08. The summed E-state index contributed by atoms with van der Waals surface area (Å²) in [4.78, 5) is 15.9. The van der Waals surface area contributed by atoms with Crippen molar-refractivity contribution >= 4 is 17.2 Å². The summed E-state index contributed by atoms with van der Waals surface area (Å²) in [5.74, 6) is -0.100. The van der Waals surface area contributed by atoms with Gasteiger partial charge >= 0.3 is 0 Å². The van der Waals surface area contributed by atoms with Gasteiger partial charge in [-0.15, -0.1) is 11.3 Å². The summed E-state index contributed by atoms with van der Waals surface area (Å²) in [7, 11) is 4.08. The fourth-order valence-corrected chi connectivity index (χ4v) is 4.11. The Morgan fingerprint density at radius 1 is 1.54 bits per heavy atom. The molecule has 0 saturated heterocycles. The summed E-state index contributed by atoms with van der Waals surface area (Å²) in [5.41, 5.74) is 2.86. The largest absolute Gasteiger partial charge is 0.349 e. The summed E-state index contributed by atoms with van der Waals surface area (Å²) in [6.07, 6.45) is 1.04. The molecular weight excluding hydrogens is 322 g/mol. The first kappa shape index (κ1) is 17.1. The number of nitrogens with zero attached hydrogens (tertiary/aromatic N) is 3. The van der Waals surface area contributed by atoms with E-state index in [4.69, 9.17) is 0 Å². The maximum Gasteiger partial charge on any atom is 0.271 e. The number of carbonyl (C=O) groups excluding carboxylic acids is 1. The zero-order chi connectivity index (χ0) is 17.1. The molecule has 6 nitrogen and oxygen atoms in total. The van der Waals surface area contributed by atoms with E-state index in [1.807, 2.05) is 24.8 Å². The zero-order valence-electron chi connectivity index (χ0n) is 14.5. The van der Waals surface area contributed by atoms with Crippen molar-refractivity contribution < 1.29 is 4.79 Å². The zero-order valence-corrected chi connectivity index (χ0v) is 15.3. The van der Waals surface area contributed by atoms with Gasteiger partial charge in [0.15, 0.2) is 0 Å². The van der Waals surface area contributed by atoms with E-state index >= 15 is 0 Å². The van der Waals surface area contributed by atoms with Crippen LogP contribution >= 0.6 is 11.3 Å². The lowest BCUT2D eigenvalue weighted by Crippen LogP contribution is -2.34. The molecule has 0 aliphatic carbocycles. The Hall–Kier alpha value is -1.70. The van der Waals surface area contributed by atoms with Crippen molar-refractivity contribution in [2.45, 2.75) is 32.5 Å². The molecule has 2 N–H and O–H groups in total. The van der Waals surface area contributed by atoms with Gasteiger partial charge in [0.25, 0.3) is 5.91 Å². The highest BCUT2D eigenvalue weighted by molar-refractivity contribution is 7.10. The van der Waals surface area contributed by atoms with E-state index in [1.54, 1.807) is 11.3 Å². The molecule has 0 unspecified atom stereocenters. The molecule has 0 radical (unpaired) electrons. The summed E-state index contributed by atoms with van der Waals surface area (Å²) in [5, 5.41) is 13.0. The molecule has 1 atom stereocenters.